The average molecular weight is 347 g/mol. The quantitative estimate of drug-likeness (QED) is 0.720. The molecule has 0 saturated carbocycles. The molecular formula is C20H17N3O3. The van der Waals surface area contributed by atoms with Crippen molar-refractivity contribution >= 4 is 17.4 Å². The summed E-state index contributed by atoms with van der Waals surface area (Å²) >= 11 is 0. The minimum absolute atomic E-state index is 0.0884. The van der Waals surface area contributed by atoms with E-state index in [1.807, 2.05) is 30.3 Å². The number of carbonyl (C=O) groups excluding carboxylic acids is 2. The molecule has 1 aromatic heterocycles. The van der Waals surface area contributed by atoms with Crippen LogP contribution in [-0.2, 0) is 11.3 Å². The molecule has 3 rings (SSSR count). The highest BCUT2D eigenvalue weighted by Crippen LogP contribution is 2.14. The van der Waals surface area contributed by atoms with Crippen LogP contribution in [0.1, 0.15) is 17.3 Å². The molecule has 1 N–H and O–H groups in total. The van der Waals surface area contributed by atoms with Crippen molar-refractivity contribution in [1.82, 2.24) is 9.78 Å². The molecule has 0 aliphatic rings. The highest BCUT2D eigenvalue weighted by Gasteiger charge is 2.09. The first kappa shape index (κ1) is 17.3. The highest BCUT2D eigenvalue weighted by atomic mass is 16.2. The number of benzene rings is 2. The number of rotatable bonds is 5. The topological polar surface area (TPSA) is 81.1 Å². The summed E-state index contributed by atoms with van der Waals surface area (Å²) in [5.41, 5.74) is 2.10. The molecule has 0 fully saturated rings. The van der Waals surface area contributed by atoms with Gasteiger partial charge in [0.25, 0.3) is 5.56 Å². The summed E-state index contributed by atoms with van der Waals surface area (Å²) in [6, 6.07) is 19.1. The molecule has 1 heterocycles. The standard InChI is InChI=1S/C20H17N3O3/c1-14(24)16-8-5-9-17(12-16)21-19(25)13-23-20(26)11-10-18(22-23)15-6-3-2-4-7-15/h2-12H,13H2,1H3,(H,21,25). The molecule has 0 atom stereocenters. The van der Waals surface area contributed by atoms with Gasteiger partial charge in [-0.05, 0) is 25.1 Å². The molecular weight excluding hydrogens is 330 g/mol. The van der Waals surface area contributed by atoms with E-state index in [-0.39, 0.29) is 17.9 Å². The van der Waals surface area contributed by atoms with Crippen molar-refractivity contribution in [3.05, 3.63) is 82.6 Å². The van der Waals surface area contributed by atoms with Crippen molar-refractivity contribution in [1.29, 1.82) is 0 Å². The molecule has 1 amide bonds. The summed E-state index contributed by atoms with van der Waals surface area (Å²) in [5, 5.41) is 6.94. The molecule has 0 radical (unpaired) electrons. The van der Waals surface area contributed by atoms with Gasteiger partial charge >= 0.3 is 0 Å². The lowest BCUT2D eigenvalue weighted by Crippen LogP contribution is -2.29. The lowest BCUT2D eigenvalue weighted by Gasteiger charge is -2.09. The Morgan fingerprint density at radius 3 is 2.50 bits per heavy atom. The Balaban J connectivity index is 1.78. The summed E-state index contributed by atoms with van der Waals surface area (Å²) in [5.74, 6) is -0.486. The largest absolute Gasteiger partial charge is 0.324 e. The summed E-state index contributed by atoms with van der Waals surface area (Å²) in [4.78, 5) is 35.7. The first-order valence-corrected chi connectivity index (χ1v) is 8.07. The minimum atomic E-state index is -0.398. The second-order valence-corrected chi connectivity index (χ2v) is 5.77. The highest BCUT2D eigenvalue weighted by molar-refractivity contribution is 5.97. The fourth-order valence-corrected chi connectivity index (χ4v) is 2.48. The van der Waals surface area contributed by atoms with Gasteiger partial charge in [-0.1, -0.05) is 42.5 Å². The Morgan fingerprint density at radius 1 is 1.00 bits per heavy atom. The summed E-state index contributed by atoms with van der Waals surface area (Å²) < 4.78 is 1.12. The van der Waals surface area contributed by atoms with Gasteiger partial charge in [0.15, 0.2) is 5.78 Å². The number of anilines is 1. The van der Waals surface area contributed by atoms with E-state index in [9.17, 15) is 14.4 Å². The Labute approximate surface area is 150 Å². The number of nitrogens with zero attached hydrogens (tertiary/aromatic N) is 2. The van der Waals surface area contributed by atoms with Gasteiger partial charge in [0.2, 0.25) is 5.91 Å². The maximum atomic E-state index is 12.3. The van der Waals surface area contributed by atoms with Crippen molar-refractivity contribution in [2.75, 3.05) is 5.32 Å². The van der Waals surface area contributed by atoms with Gasteiger partial charge in [-0.3, -0.25) is 14.4 Å². The predicted octanol–water partition coefficient (Wildman–Crippen LogP) is 2.75. The van der Waals surface area contributed by atoms with Crippen molar-refractivity contribution < 1.29 is 9.59 Å². The first-order chi connectivity index (χ1) is 12.5. The van der Waals surface area contributed by atoms with Crippen LogP contribution >= 0.6 is 0 Å². The second-order valence-electron chi connectivity index (χ2n) is 5.77. The summed E-state index contributed by atoms with van der Waals surface area (Å²) in [7, 11) is 0. The minimum Gasteiger partial charge on any atom is -0.324 e. The van der Waals surface area contributed by atoms with E-state index in [1.54, 1.807) is 30.3 Å². The number of hydrogen-bond acceptors (Lipinski definition) is 4. The molecule has 0 spiro atoms. The maximum Gasteiger partial charge on any atom is 0.267 e. The number of carbonyl (C=O) groups is 2. The molecule has 0 bridgehead atoms. The average Bonchev–Trinajstić information content (AvgIpc) is 2.64. The Kier molecular flexibility index (Phi) is 5.03. The molecule has 0 aliphatic carbocycles. The third-order valence-electron chi connectivity index (χ3n) is 3.78. The fourth-order valence-electron chi connectivity index (χ4n) is 2.48. The fraction of sp³-hybridized carbons (Fsp3) is 0.100. The van der Waals surface area contributed by atoms with Crippen LogP contribution in [0.3, 0.4) is 0 Å². The molecule has 2 aromatic carbocycles. The lowest BCUT2D eigenvalue weighted by atomic mass is 10.1. The molecule has 6 nitrogen and oxygen atoms in total. The molecule has 0 aliphatic heterocycles. The number of amides is 1. The van der Waals surface area contributed by atoms with Crippen LogP contribution in [0, 0.1) is 0 Å². The number of Topliss-reactive ketones (excluding diaryl/α,β-unsaturated/α-hetero) is 1. The Bertz CT molecular complexity index is 1010. The van der Waals surface area contributed by atoms with Gasteiger partial charge in [0, 0.05) is 22.9 Å². The van der Waals surface area contributed by atoms with Crippen molar-refractivity contribution in [3.63, 3.8) is 0 Å². The molecule has 6 heteroatoms. The first-order valence-electron chi connectivity index (χ1n) is 8.07. The van der Waals surface area contributed by atoms with Crippen molar-refractivity contribution in [2.45, 2.75) is 13.5 Å². The van der Waals surface area contributed by atoms with Gasteiger partial charge in [-0.15, -0.1) is 0 Å². The number of hydrogen-bond donors (Lipinski definition) is 1. The summed E-state index contributed by atoms with van der Waals surface area (Å²) in [6.45, 7) is 1.24. The van der Waals surface area contributed by atoms with Crippen LogP contribution in [-0.4, -0.2) is 21.5 Å². The number of nitrogens with one attached hydrogen (secondary N) is 1. The normalized spacial score (nSPS) is 10.3. The lowest BCUT2D eigenvalue weighted by molar-refractivity contribution is -0.117. The third-order valence-corrected chi connectivity index (χ3v) is 3.78. The van der Waals surface area contributed by atoms with E-state index in [0.717, 1.165) is 10.2 Å². The third kappa shape index (κ3) is 4.10. The van der Waals surface area contributed by atoms with Crippen LogP contribution in [0.2, 0.25) is 0 Å². The van der Waals surface area contributed by atoms with Gasteiger partial charge in [-0.25, -0.2) is 4.68 Å². The van der Waals surface area contributed by atoms with Crippen LogP contribution in [0.5, 0.6) is 0 Å². The zero-order chi connectivity index (χ0) is 18.5. The van der Waals surface area contributed by atoms with E-state index in [2.05, 4.69) is 10.4 Å². The molecule has 130 valence electrons. The van der Waals surface area contributed by atoms with Crippen molar-refractivity contribution in [3.8, 4) is 11.3 Å². The summed E-state index contributed by atoms with van der Waals surface area (Å²) in [6.07, 6.45) is 0. The van der Waals surface area contributed by atoms with E-state index in [1.165, 1.54) is 13.0 Å². The SMILES string of the molecule is CC(=O)c1cccc(NC(=O)Cn2nc(-c3ccccc3)ccc2=O)c1. The molecule has 26 heavy (non-hydrogen) atoms. The number of aromatic nitrogens is 2. The van der Waals surface area contributed by atoms with Gasteiger partial charge in [0.05, 0.1) is 5.69 Å². The second kappa shape index (κ2) is 7.57. The Morgan fingerprint density at radius 2 is 1.77 bits per heavy atom. The van der Waals surface area contributed by atoms with E-state index in [4.69, 9.17) is 0 Å². The Hall–Kier alpha value is -3.54. The van der Waals surface area contributed by atoms with Gasteiger partial charge in [-0.2, -0.15) is 5.10 Å². The van der Waals surface area contributed by atoms with E-state index < -0.39 is 5.91 Å². The van der Waals surface area contributed by atoms with Crippen LogP contribution in [0.4, 0.5) is 5.69 Å². The van der Waals surface area contributed by atoms with Crippen molar-refractivity contribution in [2.24, 2.45) is 0 Å². The van der Waals surface area contributed by atoms with E-state index >= 15 is 0 Å². The van der Waals surface area contributed by atoms with Crippen LogP contribution in [0.25, 0.3) is 11.3 Å². The van der Waals surface area contributed by atoms with Gasteiger partial charge < -0.3 is 5.32 Å². The number of ketones is 1. The molecule has 3 aromatic rings. The predicted molar refractivity (Wildman–Crippen MR) is 99.0 cm³/mol. The van der Waals surface area contributed by atoms with E-state index in [0.29, 0.717) is 16.9 Å². The zero-order valence-corrected chi connectivity index (χ0v) is 14.2. The van der Waals surface area contributed by atoms with Crippen LogP contribution in [0.15, 0.2) is 71.5 Å². The smallest absolute Gasteiger partial charge is 0.267 e. The molecule has 0 saturated heterocycles. The van der Waals surface area contributed by atoms with Gasteiger partial charge in [0.1, 0.15) is 6.54 Å². The monoisotopic (exact) mass is 347 g/mol. The van der Waals surface area contributed by atoms with Crippen LogP contribution < -0.4 is 10.9 Å². The zero-order valence-electron chi connectivity index (χ0n) is 14.2. The molecule has 0 unspecified atom stereocenters. The maximum absolute atomic E-state index is 12.3.